The molecule has 5 rings (SSSR count). The number of aromatic nitrogens is 1. The highest BCUT2D eigenvalue weighted by atomic mass is 32.2. The Balaban J connectivity index is 1.30. The summed E-state index contributed by atoms with van der Waals surface area (Å²) in [5, 5.41) is 52.4. The average molecular weight is 758 g/mol. The predicted octanol–water partition coefficient (Wildman–Crippen LogP) is 1.96. The second-order valence-electron chi connectivity index (χ2n) is 11.6. The fraction of sp³-hybridized carbons (Fsp3) is 0.290. The molecule has 1 unspecified atom stereocenters. The number of rotatable bonds is 13. The molecule has 1 fully saturated rings. The maximum Gasteiger partial charge on any atom is 0.512 e. The number of β-lactam (4-membered cyclic amide) rings is 1. The van der Waals surface area contributed by atoms with E-state index in [0.29, 0.717) is 0 Å². The number of carboxylic acid groups (broad SMARTS) is 2. The van der Waals surface area contributed by atoms with Crippen molar-refractivity contribution in [3.8, 4) is 0 Å². The first-order valence-corrected chi connectivity index (χ1v) is 17.0. The third kappa shape index (κ3) is 8.26. The number of aliphatic hydroxyl groups is 2. The van der Waals surface area contributed by atoms with E-state index in [9.17, 15) is 44.4 Å². The van der Waals surface area contributed by atoms with Crippen molar-refractivity contribution in [2.75, 3.05) is 18.0 Å². The van der Waals surface area contributed by atoms with Gasteiger partial charge in [0, 0.05) is 23.3 Å². The lowest BCUT2D eigenvalue weighted by Gasteiger charge is -2.49. The van der Waals surface area contributed by atoms with Crippen LogP contribution in [0.25, 0.3) is 0 Å². The van der Waals surface area contributed by atoms with Crippen molar-refractivity contribution in [2.45, 2.75) is 43.9 Å². The van der Waals surface area contributed by atoms with Gasteiger partial charge < -0.3 is 51.2 Å². The van der Waals surface area contributed by atoms with Gasteiger partial charge in [-0.15, -0.1) is 23.1 Å². The first kappa shape index (κ1) is 37.2. The second-order valence-corrected chi connectivity index (χ2v) is 13.6. The van der Waals surface area contributed by atoms with Crippen molar-refractivity contribution in [3.05, 3.63) is 81.6 Å². The number of nitrogen functional groups attached to an aromatic ring is 1. The molecule has 274 valence electrons. The van der Waals surface area contributed by atoms with Gasteiger partial charge in [-0.05, 0) is 25.5 Å². The Labute approximate surface area is 302 Å². The van der Waals surface area contributed by atoms with E-state index < -0.39 is 64.1 Å². The zero-order valence-corrected chi connectivity index (χ0v) is 28.9. The number of nitrogens with zero attached hydrogens (tertiary/aromatic N) is 4. The summed E-state index contributed by atoms with van der Waals surface area (Å²) >= 11 is 2.10. The monoisotopic (exact) mass is 757 g/mol. The minimum atomic E-state index is -1.83. The smallest absolute Gasteiger partial charge is 0.508 e. The lowest BCUT2D eigenvalue weighted by molar-refractivity contribution is -0.161. The molecule has 1 aromatic carbocycles. The van der Waals surface area contributed by atoms with Crippen LogP contribution in [0.5, 0.6) is 0 Å². The predicted molar refractivity (Wildman–Crippen MR) is 184 cm³/mol. The Morgan fingerprint density at radius 1 is 1.15 bits per heavy atom. The maximum atomic E-state index is 13.4. The van der Waals surface area contributed by atoms with Crippen LogP contribution in [-0.2, 0) is 40.2 Å². The molecule has 2 atom stereocenters. The minimum Gasteiger partial charge on any atom is -0.508 e. The van der Waals surface area contributed by atoms with Gasteiger partial charge in [0.05, 0.1) is 12.0 Å². The van der Waals surface area contributed by atoms with Crippen molar-refractivity contribution in [3.63, 3.8) is 0 Å². The summed E-state index contributed by atoms with van der Waals surface area (Å²) < 4.78 is 4.97. The Kier molecular flexibility index (Phi) is 11.0. The Morgan fingerprint density at radius 3 is 2.54 bits per heavy atom. The second kappa shape index (κ2) is 15.4. The number of thioether (sulfide) groups is 1. The summed E-state index contributed by atoms with van der Waals surface area (Å²) in [6, 6.07) is 7.83. The highest BCUT2D eigenvalue weighted by Gasteiger charge is 2.54. The Morgan fingerprint density at radius 2 is 1.88 bits per heavy atom. The largest absolute Gasteiger partial charge is 0.512 e. The molecule has 19 nitrogen and oxygen atoms in total. The third-order valence-electron chi connectivity index (χ3n) is 7.50. The third-order valence-corrected chi connectivity index (χ3v) is 9.51. The summed E-state index contributed by atoms with van der Waals surface area (Å²) in [6.07, 6.45) is -1.05. The number of hydrogen-bond acceptors (Lipinski definition) is 16. The maximum absolute atomic E-state index is 13.4. The van der Waals surface area contributed by atoms with Crippen LogP contribution in [0.4, 0.5) is 9.93 Å². The van der Waals surface area contributed by atoms with E-state index in [1.807, 2.05) is 6.07 Å². The Bertz CT molecular complexity index is 1950. The van der Waals surface area contributed by atoms with E-state index >= 15 is 0 Å². The highest BCUT2D eigenvalue weighted by Crippen LogP contribution is 2.40. The van der Waals surface area contributed by atoms with Gasteiger partial charge in [-0.2, -0.15) is 0 Å². The number of ether oxygens (including phenoxy) is 1. The number of fused-ring (bicyclic) bond motifs is 1. The van der Waals surface area contributed by atoms with Gasteiger partial charge in [0.25, 0.3) is 17.7 Å². The van der Waals surface area contributed by atoms with E-state index in [4.69, 9.17) is 20.1 Å². The van der Waals surface area contributed by atoms with Gasteiger partial charge in [0.15, 0.2) is 16.6 Å². The molecule has 0 bridgehead atoms. The van der Waals surface area contributed by atoms with Crippen molar-refractivity contribution in [1.29, 1.82) is 0 Å². The number of nitrogens with one attached hydrogen (secondary N) is 2. The van der Waals surface area contributed by atoms with Crippen molar-refractivity contribution < 1.29 is 58.8 Å². The molecule has 1 saturated heterocycles. The van der Waals surface area contributed by atoms with Gasteiger partial charge in [-0.1, -0.05) is 40.6 Å². The molecule has 3 heterocycles. The van der Waals surface area contributed by atoms with Crippen LogP contribution >= 0.6 is 23.1 Å². The van der Waals surface area contributed by atoms with Crippen molar-refractivity contribution >= 4 is 69.5 Å². The van der Waals surface area contributed by atoms with Gasteiger partial charge in [-0.25, -0.2) is 14.6 Å². The highest BCUT2D eigenvalue weighted by molar-refractivity contribution is 8.00. The molecule has 0 saturated carbocycles. The van der Waals surface area contributed by atoms with Crippen LogP contribution in [0.1, 0.15) is 31.5 Å². The number of carbonyl (C=O) groups excluding carboxylic acids is 3. The number of aliphatic hydroxyl groups excluding tert-OH is 2. The molecule has 3 aliphatic rings. The van der Waals surface area contributed by atoms with Crippen LogP contribution in [0, 0.1) is 0 Å². The number of amides is 3. The van der Waals surface area contributed by atoms with Crippen LogP contribution in [-0.4, -0.2) is 101 Å². The first-order valence-electron chi connectivity index (χ1n) is 15.1. The lowest BCUT2D eigenvalue weighted by atomic mass is 9.99. The van der Waals surface area contributed by atoms with Crippen LogP contribution in [0.15, 0.2) is 80.6 Å². The normalized spacial score (nSPS) is 19.7. The molecule has 8 N–H and O–H groups in total. The van der Waals surface area contributed by atoms with Crippen LogP contribution in [0.3, 0.4) is 0 Å². The molecule has 3 amide bonds. The fourth-order valence-electron chi connectivity index (χ4n) is 4.71. The van der Waals surface area contributed by atoms with Crippen molar-refractivity contribution in [2.24, 2.45) is 10.3 Å². The van der Waals surface area contributed by atoms with E-state index in [1.54, 1.807) is 24.3 Å². The van der Waals surface area contributed by atoms with Crippen LogP contribution in [0.2, 0.25) is 0 Å². The minimum absolute atomic E-state index is 0.00878. The SMILES string of the molecule is CC(C)(O/N=C(\C(=O)NC1C(=O)N2C(OC(=O)O)=C(CNC(=O)C3=CC(O)=C(O)CC3=NOCc3ccccc3)CS[C@@H]12)c1csc(N)n1)C(=O)O. The number of nitrogens with two attached hydrogens (primary N) is 1. The van der Waals surface area contributed by atoms with Gasteiger partial charge in [0.1, 0.15) is 35.2 Å². The summed E-state index contributed by atoms with van der Waals surface area (Å²) in [7, 11) is 0. The number of carbonyl (C=O) groups is 5. The summed E-state index contributed by atoms with van der Waals surface area (Å²) in [5.41, 5.74) is 4.22. The van der Waals surface area contributed by atoms with E-state index in [1.165, 1.54) is 19.2 Å². The molecular weight excluding hydrogens is 727 g/mol. The number of allylic oxidation sites excluding steroid dienone is 2. The quantitative estimate of drug-likeness (QED) is 0.0665. The summed E-state index contributed by atoms with van der Waals surface area (Å²) in [4.78, 5) is 78.6. The van der Waals surface area contributed by atoms with Gasteiger partial charge in [0.2, 0.25) is 11.5 Å². The molecule has 0 spiro atoms. The number of aliphatic carboxylic acids is 1. The topological polar surface area (TPSA) is 285 Å². The number of hydrogen-bond donors (Lipinski definition) is 7. The number of oxime groups is 2. The van der Waals surface area contributed by atoms with Gasteiger partial charge >= 0.3 is 12.1 Å². The number of carboxylic acids is 1. The molecule has 2 aliphatic heterocycles. The number of anilines is 1. The molecule has 0 radical (unpaired) electrons. The Hall–Kier alpha value is -6.09. The molecule has 21 heteroatoms. The number of thiazole rings is 1. The molecular formula is C31H31N7O12S2. The van der Waals surface area contributed by atoms with Crippen LogP contribution < -0.4 is 16.4 Å². The standard InChI is InChI=1S/C31H31N7O12S2/c1-31(2,28(44)45)50-37-21(18-13-52-29(32)34-18)24(42)35-22-25(43)38-26(49-30(46)47)15(12-51-27(22)38)10-33-23(41)16-8-19(39)20(40)9-17(16)36-48-11-14-6-4-3-5-7-14/h3-8,13,22,27,39-40H,9-12H2,1-2H3,(H2,32,34)(H,33,41)(H,35,42)(H,44,45)(H,46,47)/b36-17?,37-21-/t22?,27-/m0/s1. The summed E-state index contributed by atoms with van der Waals surface area (Å²) in [5.74, 6) is -5.18. The number of benzene rings is 1. The molecule has 2 aromatic rings. The zero-order chi connectivity index (χ0) is 37.7. The molecule has 1 aromatic heterocycles. The van der Waals surface area contributed by atoms with Crippen molar-refractivity contribution in [1.82, 2.24) is 20.5 Å². The molecule has 1 aliphatic carbocycles. The van der Waals surface area contributed by atoms with E-state index in [0.717, 1.165) is 39.6 Å². The van der Waals surface area contributed by atoms with E-state index in [-0.39, 0.29) is 58.9 Å². The van der Waals surface area contributed by atoms with E-state index in [2.05, 4.69) is 25.9 Å². The lowest BCUT2D eigenvalue weighted by Crippen LogP contribution is -2.70. The summed E-state index contributed by atoms with van der Waals surface area (Å²) in [6.45, 7) is 2.16. The van der Waals surface area contributed by atoms with Gasteiger partial charge in [-0.3, -0.25) is 19.3 Å². The first-order chi connectivity index (χ1) is 24.7. The zero-order valence-electron chi connectivity index (χ0n) is 27.3. The average Bonchev–Trinajstić information content (AvgIpc) is 3.53. The fourth-order valence-corrected chi connectivity index (χ4v) is 6.58. The molecule has 52 heavy (non-hydrogen) atoms.